The minimum Gasteiger partial charge on any atom is -0.481 e. The topological polar surface area (TPSA) is 188 Å². The van der Waals surface area contributed by atoms with Crippen molar-refractivity contribution in [2.75, 3.05) is 10.6 Å². The van der Waals surface area contributed by atoms with E-state index >= 15 is 0 Å². The number of nitrogens with zero attached hydrogens (tertiary/aromatic N) is 2. The molecule has 5 rings (SSSR count). The van der Waals surface area contributed by atoms with Crippen molar-refractivity contribution < 1.29 is 14.7 Å². The monoisotopic (exact) mass is 616 g/mol. The van der Waals surface area contributed by atoms with Gasteiger partial charge in [-0.25, -0.2) is 9.59 Å². The summed E-state index contributed by atoms with van der Waals surface area (Å²) >= 11 is 0. The highest BCUT2D eigenvalue weighted by Gasteiger charge is 2.30. The zero-order chi connectivity index (χ0) is 32.8. The van der Waals surface area contributed by atoms with E-state index in [0.29, 0.717) is 0 Å². The zero-order valence-electron chi connectivity index (χ0n) is 25.4. The van der Waals surface area contributed by atoms with Crippen LogP contribution in [0, 0.1) is 0 Å². The van der Waals surface area contributed by atoms with Gasteiger partial charge < -0.3 is 15.7 Å². The molecule has 13 heteroatoms. The number of hydrogen-bond acceptors (Lipinski definition) is 8. The van der Waals surface area contributed by atoms with Crippen molar-refractivity contribution in [3.63, 3.8) is 0 Å². The van der Waals surface area contributed by atoms with Crippen LogP contribution in [-0.2, 0) is 4.79 Å². The molecule has 1 aliphatic rings. The van der Waals surface area contributed by atoms with Crippen LogP contribution in [0.15, 0.2) is 85.9 Å². The van der Waals surface area contributed by atoms with Crippen LogP contribution in [0.25, 0.3) is 0 Å². The molecule has 0 fully saturated rings. The fraction of sp³-hybridized carbons (Fsp3) is 0.312. The molecule has 0 saturated heterocycles. The van der Waals surface area contributed by atoms with Crippen molar-refractivity contribution >= 4 is 23.4 Å². The van der Waals surface area contributed by atoms with E-state index in [9.17, 15) is 28.8 Å². The van der Waals surface area contributed by atoms with Crippen LogP contribution in [-0.4, -0.2) is 36.0 Å². The molecule has 0 radical (unpaired) electrons. The Bertz CT molecular complexity index is 1880. The Morgan fingerprint density at radius 3 is 2.00 bits per heavy atom. The van der Waals surface area contributed by atoms with Crippen molar-refractivity contribution in [3.8, 4) is 0 Å². The Labute approximate surface area is 257 Å². The number of carbonyl (C=O) groups excluding carboxylic acids is 1. The average Bonchev–Trinajstić information content (AvgIpc) is 2.96. The largest absolute Gasteiger partial charge is 0.481 e. The molecule has 0 saturated carbocycles. The van der Waals surface area contributed by atoms with Crippen LogP contribution in [0.3, 0.4) is 0 Å². The third-order valence-corrected chi connectivity index (χ3v) is 7.23. The van der Waals surface area contributed by atoms with E-state index < -0.39 is 34.5 Å². The summed E-state index contributed by atoms with van der Waals surface area (Å²) in [5.74, 6) is -0.813. The van der Waals surface area contributed by atoms with Crippen molar-refractivity contribution in [3.05, 3.63) is 125 Å². The second kappa shape index (κ2) is 13.9. The molecule has 2 atom stereocenters. The number of hydrogen-bond donors (Lipinski definition) is 5. The molecule has 3 heterocycles. The number of ketones is 1. The lowest BCUT2D eigenvalue weighted by Gasteiger charge is -2.26. The highest BCUT2D eigenvalue weighted by atomic mass is 16.4. The molecule has 4 aromatic rings. The van der Waals surface area contributed by atoms with Gasteiger partial charge in [-0.2, -0.15) is 0 Å². The first kappa shape index (κ1) is 32.5. The lowest BCUT2D eigenvalue weighted by atomic mass is 9.95. The molecular formula is C32H36N6O7. The number of nitrogens with one attached hydrogen (secondary N) is 4. The summed E-state index contributed by atoms with van der Waals surface area (Å²) in [5.41, 5.74) is -0.268. The third-order valence-electron chi connectivity index (χ3n) is 7.23. The molecule has 0 aliphatic carbocycles. The van der Waals surface area contributed by atoms with Gasteiger partial charge in [0.25, 0.3) is 11.1 Å². The number of carboxylic acid groups (broad SMARTS) is 1. The number of carbonyl (C=O) groups is 2. The van der Waals surface area contributed by atoms with Crippen molar-refractivity contribution in [1.29, 1.82) is 0 Å². The fourth-order valence-corrected chi connectivity index (χ4v) is 5.16. The third kappa shape index (κ3) is 7.55. The lowest BCUT2D eigenvalue weighted by molar-refractivity contribution is -0.137. The van der Waals surface area contributed by atoms with Gasteiger partial charge >= 0.3 is 17.3 Å². The smallest absolute Gasteiger partial charge is 0.330 e. The van der Waals surface area contributed by atoms with E-state index in [4.69, 9.17) is 5.11 Å². The van der Waals surface area contributed by atoms with Gasteiger partial charge in [0.05, 0.1) is 18.5 Å². The summed E-state index contributed by atoms with van der Waals surface area (Å²) in [4.78, 5) is 77.2. The first-order valence-corrected chi connectivity index (χ1v) is 14.5. The van der Waals surface area contributed by atoms with Gasteiger partial charge in [0.2, 0.25) is 0 Å². The lowest BCUT2D eigenvalue weighted by Crippen LogP contribution is -2.42. The Morgan fingerprint density at radius 1 is 0.867 bits per heavy atom. The maximum absolute atomic E-state index is 12.4. The Hall–Kier alpha value is -5.46. The molecule has 0 bridgehead atoms. The number of Topliss-reactive ketones (excluding diaryl/α,β-unsaturated/α-hetero) is 1. The summed E-state index contributed by atoms with van der Waals surface area (Å²) < 4.78 is 2.17. The van der Waals surface area contributed by atoms with Crippen molar-refractivity contribution in [2.45, 2.75) is 64.7 Å². The van der Waals surface area contributed by atoms with Crippen LogP contribution in [0.2, 0.25) is 0 Å². The molecule has 1 aliphatic heterocycles. The van der Waals surface area contributed by atoms with Crippen molar-refractivity contribution in [1.82, 2.24) is 19.1 Å². The summed E-state index contributed by atoms with van der Waals surface area (Å²) in [6.07, 6.45) is 0.00962. The molecule has 2 aromatic heterocycles. The highest BCUT2D eigenvalue weighted by molar-refractivity contribution is 6.02. The van der Waals surface area contributed by atoms with Crippen molar-refractivity contribution in [2.24, 2.45) is 0 Å². The van der Waals surface area contributed by atoms with Gasteiger partial charge in [-0.15, -0.1) is 0 Å². The molecule has 2 aromatic carbocycles. The molecule has 13 nitrogen and oxygen atoms in total. The average molecular weight is 617 g/mol. The predicted octanol–water partition coefficient (Wildman–Crippen LogP) is 3.60. The number of benzene rings is 2. The van der Waals surface area contributed by atoms with Gasteiger partial charge in [0, 0.05) is 24.6 Å². The summed E-state index contributed by atoms with van der Waals surface area (Å²) in [6, 6.07) is 18.4. The summed E-state index contributed by atoms with van der Waals surface area (Å²) in [5, 5.41) is 15.1. The maximum Gasteiger partial charge on any atom is 0.330 e. The first-order chi connectivity index (χ1) is 21.4. The number of H-pyrrole nitrogens is 2. The van der Waals surface area contributed by atoms with Crippen LogP contribution in [0.1, 0.15) is 86.2 Å². The standard InChI is InChI=1S/C16H19N3O4.C16H17N3O3/c1-10(2)19-14(20)9-13(18-16(19)23)17-12(8-15(21)22)11-6-4-3-5-7-11;1-9(2)19-15(21)13-12(20)8-11(10-6-4-3-5-7-10)17-14(13)18-16(19)22/h3-7,9-10,12,17H,8H2,1-2H3,(H,18,23)(H,21,22);3-7,9,11,17H,8H2,1-2H3,(H,18,22)/t12-;11-/m11/s1. The quantitative estimate of drug-likeness (QED) is 0.197. The van der Waals surface area contributed by atoms with Gasteiger partial charge in [-0.3, -0.25) is 38.3 Å². The normalized spacial score (nSPS) is 14.6. The molecule has 0 amide bonds. The fourth-order valence-electron chi connectivity index (χ4n) is 5.16. The number of fused-ring (bicyclic) bond motifs is 1. The Morgan fingerprint density at radius 2 is 1.44 bits per heavy atom. The minimum atomic E-state index is -0.982. The number of aliphatic carboxylic acids is 1. The summed E-state index contributed by atoms with van der Waals surface area (Å²) in [7, 11) is 0. The Kier molecular flexibility index (Phi) is 10.0. The van der Waals surface area contributed by atoms with Gasteiger partial charge in [-0.05, 0) is 38.8 Å². The molecule has 0 unspecified atom stereocenters. The van der Waals surface area contributed by atoms with E-state index in [1.54, 1.807) is 52.0 Å². The highest BCUT2D eigenvalue weighted by Crippen LogP contribution is 2.29. The molecule has 5 N–H and O–H groups in total. The predicted molar refractivity (Wildman–Crippen MR) is 170 cm³/mol. The van der Waals surface area contributed by atoms with E-state index in [1.165, 1.54) is 6.07 Å². The number of aromatic amines is 2. The molecule has 45 heavy (non-hydrogen) atoms. The SMILES string of the molecule is CC(C)n1c(=O)[nH]c2c(c1=O)C(=O)C[C@H](c1ccccc1)N2.CC(C)n1c(=O)cc(N[C@H](CC(=O)O)c2ccccc2)[nH]c1=O. The van der Waals surface area contributed by atoms with E-state index in [-0.39, 0.29) is 53.9 Å². The molecule has 236 valence electrons. The van der Waals surface area contributed by atoms with Gasteiger partial charge in [0.15, 0.2) is 5.78 Å². The Balaban J connectivity index is 0.000000205. The second-order valence-corrected chi connectivity index (χ2v) is 11.2. The van der Waals surface area contributed by atoms with E-state index in [2.05, 4.69) is 20.6 Å². The molecule has 0 spiro atoms. The maximum atomic E-state index is 12.4. The van der Waals surface area contributed by atoms with Gasteiger partial charge in [-0.1, -0.05) is 60.7 Å². The van der Waals surface area contributed by atoms with Gasteiger partial charge in [0.1, 0.15) is 17.2 Å². The van der Waals surface area contributed by atoms with Crippen LogP contribution in [0.4, 0.5) is 11.6 Å². The minimum absolute atomic E-state index is 0.0421. The van der Waals surface area contributed by atoms with Crippen LogP contribution < -0.4 is 33.1 Å². The zero-order valence-corrected chi connectivity index (χ0v) is 25.4. The number of anilines is 2. The first-order valence-electron chi connectivity index (χ1n) is 14.5. The van der Waals surface area contributed by atoms with Crippen LogP contribution >= 0.6 is 0 Å². The van der Waals surface area contributed by atoms with E-state index in [1.807, 2.05) is 36.4 Å². The number of aromatic nitrogens is 4. The second-order valence-electron chi connectivity index (χ2n) is 11.2. The molecular weight excluding hydrogens is 580 g/mol. The van der Waals surface area contributed by atoms with Crippen LogP contribution in [0.5, 0.6) is 0 Å². The summed E-state index contributed by atoms with van der Waals surface area (Å²) in [6.45, 7) is 6.94. The number of rotatable bonds is 8. The number of carboxylic acids is 1. The van der Waals surface area contributed by atoms with E-state index in [0.717, 1.165) is 20.3 Å².